The molecule has 3 aromatic carbocycles. The lowest BCUT2D eigenvalue weighted by atomic mass is 9.57. The maximum Gasteiger partial charge on any atom is 0.251 e. The van der Waals surface area contributed by atoms with Gasteiger partial charge in [0.2, 0.25) is 5.91 Å². The average Bonchev–Trinajstić information content (AvgIpc) is 3.67. The van der Waals surface area contributed by atoms with E-state index in [0.717, 1.165) is 12.8 Å². The van der Waals surface area contributed by atoms with Crippen LogP contribution in [0.5, 0.6) is 5.75 Å². The van der Waals surface area contributed by atoms with Crippen molar-refractivity contribution in [2.24, 2.45) is 5.92 Å². The van der Waals surface area contributed by atoms with Crippen molar-refractivity contribution in [3.63, 3.8) is 0 Å². The van der Waals surface area contributed by atoms with Crippen molar-refractivity contribution < 1.29 is 19.1 Å². The Bertz CT molecular complexity index is 1540. The smallest absolute Gasteiger partial charge is 0.251 e. The van der Waals surface area contributed by atoms with Crippen LogP contribution < -0.4 is 15.4 Å². The Morgan fingerprint density at radius 2 is 1.77 bits per heavy atom. The number of ether oxygens (including phenoxy) is 1. The van der Waals surface area contributed by atoms with Gasteiger partial charge < -0.3 is 15.4 Å². The molecule has 0 radical (unpaired) electrons. The quantitative estimate of drug-likeness (QED) is 0.437. The second-order valence-electron chi connectivity index (χ2n) is 10.8. The molecule has 4 heterocycles. The number of nitrogens with zero attached hydrogens (tertiary/aromatic N) is 1. The van der Waals surface area contributed by atoms with Crippen LogP contribution >= 0.6 is 11.6 Å². The second-order valence-corrected chi connectivity index (χ2v) is 11.2. The van der Waals surface area contributed by atoms with E-state index in [9.17, 15) is 14.4 Å². The van der Waals surface area contributed by atoms with Crippen LogP contribution in [0, 0.1) is 5.92 Å². The van der Waals surface area contributed by atoms with Crippen molar-refractivity contribution in [2.75, 3.05) is 23.8 Å². The molecule has 2 fully saturated rings. The summed E-state index contributed by atoms with van der Waals surface area (Å²) in [6.07, 6.45) is 2.41. The van der Waals surface area contributed by atoms with E-state index in [1.54, 1.807) is 30.3 Å². The number of amides is 2. The Morgan fingerprint density at radius 1 is 1.00 bits per heavy atom. The van der Waals surface area contributed by atoms with Gasteiger partial charge in [0.15, 0.2) is 5.78 Å². The third kappa shape index (κ3) is 2.95. The summed E-state index contributed by atoms with van der Waals surface area (Å²) in [5.41, 5.74) is 0.0584. The van der Waals surface area contributed by atoms with Crippen molar-refractivity contribution in [1.29, 1.82) is 0 Å². The van der Waals surface area contributed by atoms with Gasteiger partial charge in [0.05, 0.1) is 23.2 Å². The molecule has 198 valence electrons. The van der Waals surface area contributed by atoms with Gasteiger partial charge in [-0.25, -0.2) is 0 Å². The van der Waals surface area contributed by atoms with Crippen molar-refractivity contribution in [1.82, 2.24) is 4.90 Å². The van der Waals surface area contributed by atoms with Crippen LogP contribution in [0.2, 0.25) is 5.02 Å². The summed E-state index contributed by atoms with van der Waals surface area (Å²) < 4.78 is 5.73. The van der Waals surface area contributed by atoms with E-state index in [-0.39, 0.29) is 23.6 Å². The third-order valence-corrected chi connectivity index (χ3v) is 9.29. The van der Waals surface area contributed by atoms with E-state index in [2.05, 4.69) is 15.5 Å². The van der Waals surface area contributed by atoms with E-state index in [4.69, 9.17) is 16.3 Å². The zero-order valence-corrected chi connectivity index (χ0v) is 22.3. The molecule has 7 nitrogen and oxygen atoms in total. The largest absolute Gasteiger partial charge is 0.494 e. The maximum atomic E-state index is 14.7. The van der Waals surface area contributed by atoms with Gasteiger partial charge in [0, 0.05) is 22.9 Å². The normalized spacial score (nSPS) is 28.4. The van der Waals surface area contributed by atoms with Crippen molar-refractivity contribution in [3.8, 4) is 5.75 Å². The number of anilines is 2. The first kappa shape index (κ1) is 24.4. The second kappa shape index (κ2) is 8.66. The Labute approximate surface area is 231 Å². The van der Waals surface area contributed by atoms with Crippen LogP contribution in [0.1, 0.15) is 47.7 Å². The number of fused-ring (bicyclic) bond motifs is 7. The molecule has 4 atom stereocenters. The number of carbonyl (C=O) groups excluding carboxylic acids is 3. The molecule has 2 amide bonds. The highest BCUT2D eigenvalue weighted by Gasteiger charge is 2.81. The number of carbonyl (C=O) groups is 3. The predicted molar refractivity (Wildman–Crippen MR) is 148 cm³/mol. The van der Waals surface area contributed by atoms with Crippen LogP contribution in [0.25, 0.3) is 0 Å². The maximum absolute atomic E-state index is 14.7. The summed E-state index contributed by atoms with van der Waals surface area (Å²) in [7, 11) is 0. The molecule has 0 aliphatic carbocycles. The zero-order valence-electron chi connectivity index (χ0n) is 21.5. The number of benzene rings is 3. The first-order valence-electron chi connectivity index (χ1n) is 13.5. The summed E-state index contributed by atoms with van der Waals surface area (Å²) in [5, 5.41) is 6.48. The van der Waals surface area contributed by atoms with Gasteiger partial charge in [-0.1, -0.05) is 48.9 Å². The molecule has 7 rings (SSSR count). The lowest BCUT2D eigenvalue weighted by molar-refractivity contribution is -0.137. The lowest BCUT2D eigenvalue weighted by Gasteiger charge is -2.43. The number of rotatable bonds is 5. The molecule has 4 aliphatic rings. The van der Waals surface area contributed by atoms with Gasteiger partial charge in [-0.3, -0.25) is 19.3 Å². The van der Waals surface area contributed by atoms with Crippen LogP contribution in [-0.2, 0) is 20.5 Å². The van der Waals surface area contributed by atoms with Crippen molar-refractivity contribution in [3.05, 3.63) is 88.4 Å². The van der Waals surface area contributed by atoms with Gasteiger partial charge >= 0.3 is 0 Å². The first-order valence-corrected chi connectivity index (χ1v) is 13.9. The molecule has 0 bridgehead atoms. The van der Waals surface area contributed by atoms with Crippen LogP contribution in [0.15, 0.2) is 66.7 Å². The Balaban J connectivity index is 1.49. The SMILES string of the molecule is CCCOc1ccc(C(=O)C2C3CCCN3C3(C(=O)Nc4c(Cl)cccc43)C23C(=O)Nc2ccccc23)cc1. The Morgan fingerprint density at radius 3 is 2.56 bits per heavy atom. The number of Topliss-reactive ketones (excluding diaryl/α,β-unsaturated/α-hetero) is 1. The van der Waals surface area contributed by atoms with Gasteiger partial charge in [-0.05, 0) is 67.8 Å². The topological polar surface area (TPSA) is 87.7 Å². The minimum Gasteiger partial charge on any atom is -0.494 e. The van der Waals surface area contributed by atoms with E-state index < -0.39 is 16.9 Å². The highest BCUT2D eigenvalue weighted by molar-refractivity contribution is 6.35. The van der Waals surface area contributed by atoms with Crippen LogP contribution in [0.3, 0.4) is 0 Å². The summed E-state index contributed by atoms with van der Waals surface area (Å²) >= 11 is 6.60. The molecule has 0 aromatic heterocycles. The molecule has 2 spiro atoms. The van der Waals surface area contributed by atoms with Crippen molar-refractivity contribution in [2.45, 2.75) is 43.2 Å². The van der Waals surface area contributed by atoms with E-state index in [1.807, 2.05) is 43.3 Å². The fraction of sp³-hybridized carbons (Fsp3) is 0.323. The van der Waals surface area contributed by atoms with E-state index in [1.165, 1.54) is 0 Å². The average molecular weight is 542 g/mol. The van der Waals surface area contributed by atoms with Crippen LogP contribution in [-0.4, -0.2) is 41.7 Å². The molecule has 4 unspecified atom stereocenters. The Kier molecular flexibility index (Phi) is 5.41. The van der Waals surface area contributed by atoms with Gasteiger partial charge in [-0.2, -0.15) is 0 Å². The molecule has 39 heavy (non-hydrogen) atoms. The highest BCUT2D eigenvalue weighted by Crippen LogP contribution is 2.68. The summed E-state index contributed by atoms with van der Waals surface area (Å²) in [6, 6.07) is 19.7. The molecule has 4 aliphatic heterocycles. The minimum atomic E-state index is -1.48. The fourth-order valence-corrected chi connectivity index (χ4v) is 7.91. The van der Waals surface area contributed by atoms with Crippen molar-refractivity contribution >= 4 is 40.6 Å². The Hall–Kier alpha value is -3.68. The molecule has 2 saturated heterocycles. The minimum absolute atomic E-state index is 0.152. The summed E-state index contributed by atoms with van der Waals surface area (Å²) in [4.78, 5) is 45.7. The number of halogens is 1. The van der Waals surface area contributed by atoms with Gasteiger partial charge in [0.1, 0.15) is 16.7 Å². The number of hydrogen-bond donors (Lipinski definition) is 2. The van der Waals surface area contributed by atoms with Gasteiger partial charge in [0.25, 0.3) is 5.91 Å². The standard InChI is InChI=1S/C31H28ClN3O4/c1-2-17-39-19-14-12-18(13-15-19)27(36)25-24-11-6-16-35(24)31(21-8-5-9-22(32)26(21)34-29(31)38)30(25)20-7-3-4-10-23(20)33-28(30)37/h3-5,7-10,12-15,24-25H,2,6,11,16-17H2,1H3,(H,33,37)(H,34,38). The molecule has 8 heteroatoms. The first-order chi connectivity index (χ1) is 19.0. The number of nitrogens with one attached hydrogen (secondary N) is 2. The molecular weight excluding hydrogens is 514 g/mol. The number of hydrogen-bond acceptors (Lipinski definition) is 5. The molecule has 3 aromatic rings. The predicted octanol–water partition coefficient (Wildman–Crippen LogP) is 5.14. The number of para-hydroxylation sites is 2. The fourth-order valence-electron chi connectivity index (χ4n) is 7.68. The zero-order chi connectivity index (χ0) is 26.9. The van der Waals surface area contributed by atoms with Crippen LogP contribution in [0.4, 0.5) is 11.4 Å². The molecule has 0 saturated carbocycles. The molecular formula is C31H28ClN3O4. The lowest BCUT2D eigenvalue weighted by Crippen LogP contribution is -2.62. The number of ketones is 1. The monoisotopic (exact) mass is 541 g/mol. The van der Waals surface area contributed by atoms with E-state index in [0.29, 0.717) is 58.4 Å². The summed E-state index contributed by atoms with van der Waals surface area (Å²) in [5.74, 6) is -0.899. The van der Waals surface area contributed by atoms with E-state index >= 15 is 0 Å². The molecule has 2 N–H and O–H groups in total. The highest BCUT2D eigenvalue weighted by atomic mass is 35.5. The van der Waals surface area contributed by atoms with Gasteiger partial charge in [-0.15, -0.1) is 0 Å². The summed E-state index contributed by atoms with van der Waals surface area (Å²) in [6.45, 7) is 3.22. The third-order valence-electron chi connectivity index (χ3n) is 8.97.